The van der Waals surface area contributed by atoms with Crippen LogP contribution in [0.2, 0.25) is 0 Å². The van der Waals surface area contributed by atoms with Gasteiger partial charge < -0.3 is 14.9 Å². The number of aryl methyl sites for hydroxylation is 2. The summed E-state index contributed by atoms with van der Waals surface area (Å²) < 4.78 is 16.9. The van der Waals surface area contributed by atoms with Crippen LogP contribution < -0.4 is 10.6 Å². The zero-order chi connectivity index (χ0) is 29.9. The first-order valence-electron chi connectivity index (χ1n) is 14.5. The molecule has 1 saturated carbocycles. The Morgan fingerprint density at radius 2 is 1.86 bits per heavy atom. The molecule has 0 bridgehead atoms. The van der Waals surface area contributed by atoms with Gasteiger partial charge in [-0.25, -0.2) is 23.5 Å². The second kappa shape index (κ2) is 10.5. The van der Waals surface area contributed by atoms with Crippen molar-refractivity contribution in [2.75, 3.05) is 24.5 Å². The number of carbonyl (C=O) groups is 1. The van der Waals surface area contributed by atoms with Crippen molar-refractivity contribution in [1.29, 1.82) is 0 Å². The van der Waals surface area contributed by atoms with Gasteiger partial charge in [-0.2, -0.15) is 4.98 Å². The summed E-state index contributed by atoms with van der Waals surface area (Å²) in [5.41, 5.74) is 4.90. The first kappa shape index (κ1) is 27.8. The first-order chi connectivity index (χ1) is 20.0. The molecule has 1 saturated heterocycles. The Bertz CT molecular complexity index is 1780. The number of carboxylic acid groups (broad SMARTS) is 1. The fourth-order valence-electron chi connectivity index (χ4n) is 6.04. The average Bonchev–Trinajstić information content (AvgIpc) is 3.79. The minimum Gasteiger partial charge on any atom is -0.465 e. The van der Waals surface area contributed by atoms with Crippen LogP contribution in [-0.2, 0) is 0 Å². The van der Waals surface area contributed by atoms with Crippen LogP contribution in [0.1, 0.15) is 67.8 Å². The standard InChI is InChI=1S/C32H35FN6O3/c1-17(2)26-28(19(4)10-11-34-26)39-30-24(29(36-31(39)40)38-13-12-37(32(41)42)16-20(38)5)15-22(21-7-8-21)27(35-30)23-14-18(3)6-9-25(23)33/h6,9-11,14-15,17,20-21H,7-8,12-13,16H2,1-5H3,(H,41,42)/t20-/m0/s1. The molecule has 2 aliphatic rings. The van der Waals surface area contributed by atoms with Crippen molar-refractivity contribution in [1.82, 2.24) is 24.4 Å². The van der Waals surface area contributed by atoms with Gasteiger partial charge >= 0.3 is 11.8 Å². The molecule has 1 aromatic carbocycles. The SMILES string of the molecule is Cc1ccc(F)c(-c2nc3c(cc2C2CC2)c(N2CCN(C(=O)O)C[C@@H]2C)nc(=O)n3-c2c(C)ccnc2C(C)C)c1. The van der Waals surface area contributed by atoms with Gasteiger partial charge in [0, 0.05) is 37.4 Å². The quantitative estimate of drug-likeness (QED) is 0.324. The summed E-state index contributed by atoms with van der Waals surface area (Å²) in [6.07, 6.45) is 2.72. The van der Waals surface area contributed by atoms with Gasteiger partial charge in [0.25, 0.3) is 0 Å². The van der Waals surface area contributed by atoms with Crippen molar-refractivity contribution < 1.29 is 14.3 Å². The number of nitrogens with zero attached hydrogens (tertiary/aromatic N) is 6. The number of rotatable bonds is 5. The fraction of sp³-hybridized carbons (Fsp3) is 0.406. The summed E-state index contributed by atoms with van der Waals surface area (Å²) in [6.45, 7) is 10.8. The summed E-state index contributed by atoms with van der Waals surface area (Å²) in [4.78, 5) is 43.5. The molecule has 4 heterocycles. The van der Waals surface area contributed by atoms with Crippen molar-refractivity contribution in [3.8, 4) is 16.9 Å². The monoisotopic (exact) mass is 570 g/mol. The third-order valence-corrected chi connectivity index (χ3v) is 8.37. The Hall–Kier alpha value is -4.34. The van der Waals surface area contributed by atoms with E-state index in [2.05, 4.69) is 9.97 Å². The lowest BCUT2D eigenvalue weighted by molar-refractivity contribution is 0.136. The predicted octanol–water partition coefficient (Wildman–Crippen LogP) is 5.79. The Kier molecular flexibility index (Phi) is 6.95. The van der Waals surface area contributed by atoms with E-state index in [9.17, 15) is 14.7 Å². The molecule has 42 heavy (non-hydrogen) atoms. The van der Waals surface area contributed by atoms with E-state index in [1.165, 1.54) is 15.5 Å². The molecule has 10 heteroatoms. The summed E-state index contributed by atoms with van der Waals surface area (Å²) >= 11 is 0. The van der Waals surface area contributed by atoms with Crippen molar-refractivity contribution in [3.05, 3.63) is 75.2 Å². The van der Waals surface area contributed by atoms with Crippen LogP contribution in [0.3, 0.4) is 0 Å². The highest BCUT2D eigenvalue weighted by Crippen LogP contribution is 2.46. The van der Waals surface area contributed by atoms with E-state index in [0.717, 1.165) is 35.2 Å². The van der Waals surface area contributed by atoms with Crippen LogP contribution in [0.5, 0.6) is 0 Å². The van der Waals surface area contributed by atoms with E-state index < -0.39 is 11.8 Å². The molecule has 3 aromatic heterocycles. The number of hydrogen-bond donors (Lipinski definition) is 1. The molecular formula is C32H35FN6O3. The van der Waals surface area contributed by atoms with Crippen LogP contribution in [-0.4, -0.2) is 61.3 Å². The molecule has 1 N–H and O–H groups in total. The van der Waals surface area contributed by atoms with Gasteiger partial charge in [0.1, 0.15) is 11.6 Å². The lowest BCUT2D eigenvalue weighted by Crippen LogP contribution is -2.54. The van der Waals surface area contributed by atoms with E-state index in [1.807, 2.05) is 57.7 Å². The molecule has 218 valence electrons. The highest BCUT2D eigenvalue weighted by Gasteiger charge is 2.33. The summed E-state index contributed by atoms with van der Waals surface area (Å²) in [5, 5.41) is 10.2. The average molecular weight is 571 g/mol. The van der Waals surface area contributed by atoms with Gasteiger partial charge in [-0.1, -0.05) is 25.5 Å². The molecule has 6 rings (SSSR count). The van der Waals surface area contributed by atoms with Gasteiger partial charge in [-0.05, 0) is 80.8 Å². The Balaban J connectivity index is 1.69. The normalized spacial score (nSPS) is 17.4. The predicted molar refractivity (Wildman–Crippen MR) is 160 cm³/mol. The number of hydrogen-bond acceptors (Lipinski definition) is 6. The molecule has 0 spiro atoms. The topological polar surface area (TPSA) is 104 Å². The van der Waals surface area contributed by atoms with E-state index in [1.54, 1.807) is 12.3 Å². The van der Waals surface area contributed by atoms with Gasteiger partial charge in [-0.15, -0.1) is 0 Å². The molecular weight excluding hydrogens is 535 g/mol. The third kappa shape index (κ3) is 4.78. The summed E-state index contributed by atoms with van der Waals surface area (Å²) in [7, 11) is 0. The number of benzene rings is 1. The maximum Gasteiger partial charge on any atom is 0.407 e. The van der Waals surface area contributed by atoms with E-state index in [4.69, 9.17) is 4.98 Å². The third-order valence-electron chi connectivity index (χ3n) is 8.37. The van der Waals surface area contributed by atoms with Crippen molar-refractivity contribution in [2.24, 2.45) is 0 Å². The van der Waals surface area contributed by atoms with Crippen LogP contribution >= 0.6 is 0 Å². The van der Waals surface area contributed by atoms with E-state index >= 15 is 4.39 Å². The largest absolute Gasteiger partial charge is 0.465 e. The maximum atomic E-state index is 15.4. The number of fused-ring (bicyclic) bond motifs is 1. The number of halogens is 1. The molecule has 9 nitrogen and oxygen atoms in total. The Labute approximate surface area is 243 Å². The van der Waals surface area contributed by atoms with Gasteiger partial charge in [-0.3, -0.25) is 4.98 Å². The number of anilines is 1. The second-order valence-corrected chi connectivity index (χ2v) is 11.9. The number of amides is 1. The lowest BCUT2D eigenvalue weighted by Gasteiger charge is -2.39. The Morgan fingerprint density at radius 1 is 1.10 bits per heavy atom. The zero-order valence-corrected chi connectivity index (χ0v) is 24.6. The molecule has 0 unspecified atom stereocenters. The second-order valence-electron chi connectivity index (χ2n) is 11.9. The minimum absolute atomic E-state index is 0.0186. The summed E-state index contributed by atoms with van der Waals surface area (Å²) in [6, 6.07) is 8.69. The maximum absolute atomic E-state index is 15.4. The number of aromatic nitrogens is 4. The molecule has 2 fully saturated rings. The van der Waals surface area contributed by atoms with Gasteiger partial charge in [0.15, 0.2) is 5.65 Å². The van der Waals surface area contributed by atoms with Crippen LogP contribution in [0.4, 0.5) is 15.0 Å². The van der Waals surface area contributed by atoms with Crippen LogP contribution in [0.25, 0.3) is 28.0 Å². The van der Waals surface area contributed by atoms with Crippen LogP contribution in [0.15, 0.2) is 41.3 Å². The molecule has 1 atom stereocenters. The van der Waals surface area contributed by atoms with E-state index in [0.29, 0.717) is 46.9 Å². The highest BCUT2D eigenvalue weighted by molar-refractivity contribution is 5.92. The van der Waals surface area contributed by atoms with Gasteiger partial charge in [0.05, 0.1) is 22.5 Å². The molecule has 1 aliphatic carbocycles. The molecule has 0 radical (unpaired) electrons. The number of pyridine rings is 2. The van der Waals surface area contributed by atoms with Gasteiger partial charge in [0.2, 0.25) is 0 Å². The highest BCUT2D eigenvalue weighted by atomic mass is 19.1. The minimum atomic E-state index is -0.967. The first-order valence-corrected chi connectivity index (χ1v) is 14.5. The van der Waals surface area contributed by atoms with Crippen LogP contribution in [0, 0.1) is 19.7 Å². The van der Waals surface area contributed by atoms with Crippen molar-refractivity contribution in [2.45, 2.75) is 65.3 Å². The zero-order valence-electron chi connectivity index (χ0n) is 24.6. The lowest BCUT2D eigenvalue weighted by atomic mass is 9.98. The molecule has 1 aliphatic heterocycles. The number of piperazine rings is 1. The van der Waals surface area contributed by atoms with Crippen molar-refractivity contribution >= 4 is 22.9 Å². The summed E-state index contributed by atoms with van der Waals surface area (Å²) in [5.74, 6) is 0.362. The fourth-order valence-corrected chi connectivity index (χ4v) is 6.04. The van der Waals surface area contributed by atoms with E-state index in [-0.39, 0.29) is 30.2 Å². The molecule has 4 aromatic rings. The van der Waals surface area contributed by atoms with Crippen molar-refractivity contribution in [3.63, 3.8) is 0 Å². The smallest absolute Gasteiger partial charge is 0.407 e. The Morgan fingerprint density at radius 3 is 2.52 bits per heavy atom. The molecule has 1 amide bonds.